The molecular weight excluding hydrogens is 1030 g/mol. The van der Waals surface area contributed by atoms with E-state index in [0.29, 0.717) is 18.4 Å². The number of carbonyl (C=O) groups is 5. The number of amides is 1. The van der Waals surface area contributed by atoms with E-state index in [4.69, 9.17) is 37.9 Å². The van der Waals surface area contributed by atoms with Crippen LogP contribution in [0, 0.1) is 0 Å². The second-order valence-corrected chi connectivity index (χ2v) is 23.7. The number of benzene rings is 2. The molecule has 0 aromatic heterocycles. The van der Waals surface area contributed by atoms with Gasteiger partial charge in [0.2, 0.25) is 5.91 Å². The number of nitrogens with one attached hydrogen (secondary N) is 1. The molecule has 2 aromatic carbocycles. The molecule has 1 heterocycles. The third-order valence-corrected chi connectivity index (χ3v) is 13.8. The number of hydrogen-bond acceptors (Lipinski definition) is 14. The maximum Gasteiger partial charge on any atom is 0.338 e. The highest BCUT2D eigenvalue weighted by atomic mass is 16.7. The largest absolute Gasteiger partial charge is 0.458 e. The molecule has 0 saturated carbocycles. The molecule has 1 fully saturated rings. The fraction of sp³-hybridized carbons (Fsp3) is 0.712. The zero-order valence-electron chi connectivity index (χ0n) is 50.9. The van der Waals surface area contributed by atoms with Crippen molar-refractivity contribution in [2.45, 2.75) is 276 Å². The predicted molar refractivity (Wildman–Crippen MR) is 317 cm³/mol. The lowest BCUT2D eigenvalue weighted by Gasteiger charge is -2.43. The number of aliphatic hydroxyl groups excluding tert-OH is 1. The summed E-state index contributed by atoms with van der Waals surface area (Å²) in [4.78, 5) is 67.6. The van der Waals surface area contributed by atoms with E-state index in [1.165, 1.54) is 109 Å². The van der Waals surface area contributed by atoms with Crippen molar-refractivity contribution in [3.05, 3.63) is 83.9 Å². The van der Waals surface area contributed by atoms with Crippen molar-refractivity contribution in [2.75, 3.05) is 26.4 Å². The van der Waals surface area contributed by atoms with Gasteiger partial charge in [0.05, 0.1) is 30.4 Å². The molecule has 3 rings (SSSR count). The fourth-order valence-electron chi connectivity index (χ4n) is 9.60. The van der Waals surface area contributed by atoms with Gasteiger partial charge in [-0.1, -0.05) is 198 Å². The summed E-state index contributed by atoms with van der Waals surface area (Å²) in [5, 5.41) is 15.4. The number of unbranched alkanes of at least 4 members (excludes halogenated alkanes) is 23. The molecule has 458 valence electrons. The number of rotatable bonds is 43. The van der Waals surface area contributed by atoms with Crippen LogP contribution in [-0.4, -0.2) is 115 Å². The van der Waals surface area contributed by atoms with Crippen LogP contribution >= 0.6 is 0 Å². The van der Waals surface area contributed by atoms with Crippen molar-refractivity contribution < 1.29 is 67.0 Å². The normalized spacial score (nSPS) is 18.3. The number of allylic oxidation sites excluding steroid dienone is 1. The minimum Gasteiger partial charge on any atom is -0.458 e. The smallest absolute Gasteiger partial charge is 0.338 e. The lowest BCUT2D eigenvalue weighted by molar-refractivity contribution is -0.309. The summed E-state index contributed by atoms with van der Waals surface area (Å²) in [6.45, 7) is 12.9. The van der Waals surface area contributed by atoms with Crippen molar-refractivity contribution in [3.63, 3.8) is 0 Å². The first kappa shape index (κ1) is 70.6. The monoisotopic (exact) mass is 1140 g/mol. The standard InChI is InChI=1S/C66H105NO14/c1-9-11-13-15-17-19-21-23-25-27-29-31-39-45-54(77-62(72)51-41-35-33-36-42-51)53(67-56(68)46-40-32-30-28-26-24-22-20-18-16-14-12-10-2)47-76-64-61(79-63(73)52-43-37-34-38-44-52)59(71)60(75-50-58(70)81-66(6,7)8)55(78-64)48-74-49-57(69)80-65(3,4)5/h33-39,41-45,53-55,59-61,64,71H,9-32,40,46-50H2,1-8H3,(H,67,68)/b45-39+/t53-,54+,55+,59-,60-,61+,64-/m0/s1. The molecule has 1 amide bonds. The molecule has 1 saturated heterocycles. The van der Waals surface area contributed by atoms with Gasteiger partial charge in [0.15, 0.2) is 12.4 Å². The Labute approximate surface area is 487 Å². The van der Waals surface area contributed by atoms with Crippen molar-refractivity contribution in [3.8, 4) is 0 Å². The van der Waals surface area contributed by atoms with E-state index in [1.54, 1.807) is 108 Å². The molecule has 0 bridgehead atoms. The molecule has 15 nitrogen and oxygen atoms in total. The van der Waals surface area contributed by atoms with E-state index < -0.39 is 91.1 Å². The van der Waals surface area contributed by atoms with Crippen LogP contribution in [0.2, 0.25) is 0 Å². The van der Waals surface area contributed by atoms with Gasteiger partial charge in [-0.3, -0.25) is 4.79 Å². The number of carbonyl (C=O) groups excluding carboxylic acids is 5. The number of hydrogen-bond donors (Lipinski definition) is 2. The van der Waals surface area contributed by atoms with Crippen LogP contribution in [-0.2, 0) is 52.3 Å². The first-order chi connectivity index (χ1) is 38.9. The van der Waals surface area contributed by atoms with E-state index in [1.807, 2.05) is 6.08 Å². The van der Waals surface area contributed by atoms with Crippen molar-refractivity contribution in [2.24, 2.45) is 0 Å². The molecule has 0 aliphatic carbocycles. The van der Waals surface area contributed by atoms with Gasteiger partial charge >= 0.3 is 23.9 Å². The Bertz CT molecular complexity index is 2030. The van der Waals surface area contributed by atoms with Gasteiger partial charge in [-0.25, -0.2) is 19.2 Å². The quantitative estimate of drug-likeness (QED) is 0.0276. The maximum absolute atomic E-state index is 14.1. The molecule has 0 unspecified atom stereocenters. The van der Waals surface area contributed by atoms with Crippen LogP contribution < -0.4 is 5.32 Å². The second-order valence-electron chi connectivity index (χ2n) is 23.7. The van der Waals surface area contributed by atoms with Crippen LogP contribution in [0.5, 0.6) is 0 Å². The summed E-state index contributed by atoms with van der Waals surface area (Å²) >= 11 is 0. The van der Waals surface area contributed by atoms with Crippen molar-refractivity contribution in [1.82, 2.24) is 5.32 Å². The van der Waals surface area contributed by atoms with Crippen LogP contribution in [0.4, 0.5) is 0 Å². The van der Waals surface area contributed by atoms with Crippen LogP contribution in [0.15, 0.2) is 72.8 Å². The highest BCUT2D eigenvalue weighted by Crippen LogP contribution is 2.29. The Morgan fingerprint density at radius 2 is 1.04 bits per heavy atom. The van der Waals surface area contributed by atoms with Gasteiger partial charge in [-0.05, 0) is 91.1 Å². The van der Waals surface area contributed by atoms with Gasteiger partial charge in [0, 0.05) is 6.42 Å². The predicted octanol–water partition coefficient (Wildman–Crippen LogP) is 13.8. The lowest BCUT2D eigenvalue weighted by atomic mass is 9.98. The summed E-state index contributed by atoms with van der Waals surface area (Å²) in [7, 11) is 0. The Morgan fingerprint density at radius 1 is 0.580 bits per heavy atom. The Kier molecular flexibility index (Phi) is 36.0. The van der Waals surface area contributed by atoms with Gasteiger partial charge < -0.3 is 48.3 Å². The van der Waals surface area contributed by atoms with Gasteiger partial charge in [-0.2, -0.15) is 0 Å². The molecule has 1 aliphatic heterocycles. The number of ether oxygens (including phenoxy) is 8. The molecule has 0 spiro atoms. The Hall–Kier alpha value is -4.67. The summed E-state index contributed by atoms with van der Waals surface area (Å²) in [5.41, 5.74) is -1.15. The molecule has 1 aliphatic rings. The summed E-state index contributed by atoms with van der Waals surface area (Å²) in [6, 6.07) is 15.8. The third-order valence-electron chi connectivity index (χ3n) is 13.8. The SMILES string of the molecule is CCCCCCCCCCCCC/C=C/[C@@H](OC(=O)c1ccccc1)[C@H](CO[C@H]1O[C@H](COCC(=O)OC(C)(C)C)[C@H](OCC(=O)OC(C)(C)C)[C@H](O)[C@H]1OC(=O)c1ccccc1)NC(=O)CCCCCCCCCCCCCCC. The van der Waals surface area contributed by atoms with E-state index >= 15 is 0 Å². The molecule has 7 atom stereocenters. The van der Waals surface area contributed by atoms with Crippen molar-refractivity contribution >= 4 is 29.8 Å². The van der Waals surface area contributed by atoms with Crippen molar-refractivity contribution in [1.29, 1.82) is 0 Å². The minimum atomic E-state index is -1.71. The fourth-order valence-corrected chi connectivity index (χ4v) is 9.60. The van der Waals surface area contributed by atoms with Crippen LogP contribution in [0.25, 0.3) is 0 Å². The first-order valence-corrected chi connectivity index (χ1v) is 31.0. The summed E-state index contributed by atoms with van der Waals surface area (Å²) in [6.07, 6.45) is 24.5. The van der Waals surface area contributed by atoms with Gasteiger partial charge in [-0.15, -0.1) is 0 Å². The van der Waals surface area contributed by atoms with E-state index in [0.717, 1.165) is 38.5 Å². The average molecular weight is 1140 g/mol. The topological polar surface area (TPSA) is 191 Å². The average Bonchev–Trinajstić information content (AvgIpc) is 3.50. The summed E-state index contributed by atoms with van der Waals surface area (Å²) < 4.78 is 48.1. The van der Waals surface area contributed by atoms with E-state index in [2.05, 4.69) is 19.2 Å². The first-order valence-electron chi connectivity index (χ1n) is 31.0. The van der Waals surface area contributed by atoms with E-state index in [-0.39, 0.29) is 31.1 Å². The van der Waals surface area contributed by atoms with Crippen LogP contribution in [0.3, 0.4) is 0 Å². The maximum atomic E-state index is 14.1. The summed E-state index contributed by atoms with van der Waals surface area (Å²) in [5.74, 6) is -3.08. The number of aliphatic hydroxyl groups is 1. The number of esters is 4. The minimum absolute atomic E-state index is 0.173. The van der Waals surface area contributed by atoms with E-state index in [9.17, 15) is 29.1 Å². The Balaban J connectivity index is 1.93. The Morgan fingerprint density at radius 3 is 1.53 bits per heavy atom. The molecule has 81 heavy (non-hydrogen) atoms. The van der Waals surface area contributed by atoms with Crippen LogP contribution in [0.1, 0.15) is 243 Å². The highest BCUT2D eigenvalue weighted by molar-refractivity contribution is 5.90. The molecular formula is C66H105NO14. The molecule has 2 N–H and O–H groups in total. The zero-order chi connectivity index (χ0) is 59.1. The van der Waals surface area contributed by atoms with Gasteiger partial charge in [0.1, 0.15) is 48.8 Å². The molecule has 2 aromatic rings. The second kappa shape index (κ2) is 41.3. The third kappa shape index (κ3) is 32.7. The lowest BCUT2D eigenvalue weighted by Crippen LogP contribution is -2.62. The van der Waals surface area contributed by atoms with Gasteiger partial charge in [0.25, 0.3) is 0 Å². The highest BCUT2D eigenvalue weighted by Gasteiger charge is 2.50. The molecule has 15 heteroatoms. The zero-order valence-corrected chi connectivity index (χ0v) is 50.9. The molecule has 0 radical (unpaired) electrons.